The number of aromatic nitrogens is 1. The lowest BCUT2D eigenvalue weighted by molar-refractivity contribution is 0.153. The Morgan fingerprint density at radius 1 is 1.21 bits per heavy atom. The molecule has 4 nitrogen and oxygen atoms in total. The highest BCUT2D eigenvalue weighted by molar-refractivity contribution is 5.85. The molecule has 1 aromatic heterocycles. The Morgan fingerprint density at radius 3 is 2.75 bits per heavy atom. The maximum absolute atomic E-state index is 9.28. The van der Waals surface area contributed by atoms with Crippen molar-refractivity contribution in [3.8, 4) is 17.2 Å². The Bertz CT molecular complexity index is 893. The van der Waals surface area contributed by atoms with Gasteiger partial charge in [0, 0.05) is 17.3 Å². The lowest BCUT2D eigenvalue weighted by atomic mass is 9.73. The molecule has 0 saturated heterocycles. The molecule has 0 unspecified atom stereocenters. The van der Waals surface area contributed by atoms with Crippen LogP contribution in [0.25, 0.3) is 17.2 Å². The molecule has 4 heteroatoms. The van der Waals surface area contributed by atoms with Gasteiger partial charge in [0.1, 0.15) is 6.61 Å². The Hall–Kier alpha value is -2.93. The van der Waals surface area contributed by atoms with E-state index in [1.165, 1.54) is 0 Å². The van der Waals surface area contributed by atoms with Gasteiger partial charge in [0.25, 0.3) is 0 Å². The maximum atomic E-state index is 9.28. The minimum Gasteiger partial charge on any atom is -0.396 e. The van der Waals surface area contributed by atoms with Gasteiger partial charge in [0.05, 0.1) is 23.0 Å². The van der Waals surface area contributed by atoms with Crippen LogP contribution in [0.5, 0.6) is 0 Å². The number of nitrogens with zero attached hydrogens (tertiary/aromatic N) is 3. The number of benzene rings is 1. The quantitative estimate of drug-likeness (QED) is 0.631. The highest BCUT2D eigenvalue weighted by Crippen LogP contribution is 2.34. The summed E-state index contributed by atoms with van der Waals surface area (Å²) in [6.45, 7) is 7.16. The second-order valence-corrected chi connectivity index (χ2v) is 7.47. The molecule has 0 N–H and O–H groups in total. The van der Waals surface area contributed by atoms with Crippen LogP contribution in [0, 0.1) is 29.1 Å². The number of oxime groups is 1. The third-order valence-corrected chi connectivity index (χ3v) is 5.58. The van der Waals surface area contributed by atoms with Gasteiger partial charge in [-0.15, -0.1) is 0 Å². The topological polar surface area (TPSA) is 58.3 Å². The first-order valence-corrected chi connectivity index (χ1v) is 9.93. The second-order valence-electron chi connectivity index (χ2n) is 7.47. The van der Waals surface area contributed by atoms with Gasteiger partial charge in [-0.1, -0.05) is 49.3 Å². The summed E-state index contributed by atoms with van der Waals surface area (Å²) in [6, 6.07) is 13.9. The van der Waals surface area contributed by atoms with Crippen LogP contribution >= 0.6 is 0 Å². The van der Waals surface area contributed by atoms with E-state index in [0.29, 0.717) is 29.9 Å². The maximum Gasteiger partial charge on any atom is 0.114 e. The molecular weight excluding hydrogens is 346 g/mol. The van der Waals surface area contributed by atoms with Crippen molar-refractivity contribution in [3.05, 3.63) is 59.9 Å². The van der Waals surface area contributed by atoms with Crippen LogP contribution in [-0.2, 0) is 4.84 Å². The first kappa shape index (κ1) is 19.8. The van der Waals surface area contributed by atoms with Crippen molar-refractivity contribution in [3.63, 3.8) is 0 Å². The van der Waals surface area contributed by atoms with Gasteiger partial charge >= 0.3 is 0 Å². The molecule has 0 bridgehead atoms. The number of hydrogen-bond acceptors (Lipinski definition) is 4. The largest absolute Gasteiger partial charge is 0.396 e. The van der Waals surface area contributed by atoms with Crippen molar-refractivity contribution in [2.45, 2.75) is 33.6 Å². The SMILES string of the molecule is CCO/N=C1\C[C@@H](/C=C/c2ccc(-c3ccccc3C#N)cn2)[C@H](C)[C@@H](C)C1. The molecule has 1 fully saturated rings. The minimum atomic E-state index is 0.434. The molecule has 0 radical (unpaired) electrons. The third kappa shape index (κ3) is 4.67. The van der Waals surface area contributed by atoms with Crippen molar-refractivity contribution in [1.29, 1.82) is 5.26 Å². The Balaban J connectivity index is 1.74. The third-order valence-electron chi connectivity index (χ3n) is 5.58. The smallest absolute Gasteiger partial charge is 0.114 e. The molecule has 1 saturated carbocycles. The Morgan fingerprint density at radius 2 is 2.04 bits per heavy atom. The standard InChI is InChI=1S/C24H27N3O/c1-4-28-27-23-13-17(2)18(3)19(14-23)9-11-22-12-10-21(16-26-22)24-8-6-5-7-20(24)15-25/h5-12,16-19H,4,13-14H2,1-3H3/b11-9+,27-23-/t17-,18+,19+/m0/s1. The summed E-state index contributed by atoms with van der Waals surface area (Å²) in [7, 11) is 0. The highest BCUT2D eigenvalue weighted by Gasteiger charge is 2.29. The summed E-state index contributed by atoms with van der Waals surface area (Å²) < 4.78 is 0. The fourth-order valence-corrected chi connectivity index (χ4v) is 3.71. The zero-order valence-corrected chi connectivity index (χ0v) is 16.8. The van der Waals surface area contributed by atoms with Gasteiger partial charge < -0.3 is 4.84 Å². The molecule has 0 aliphatic heterocycles. The van der Waals surface area contributed by atoms with Gasteiger partial charge in [-0.3, -0.25) is 4.98 Å². The van der Waals surface area contributed by atoms with E-state index in [0.717, 1.165) is 35.4 Å². The van der Waals surface area contributed by atoms with Gasteiger partial charge in [-0.25, -0.2) is 0 Å². The lowest BCUT2D eigenvalue weighted by Gasteiger charge is -2.32. The predicted octanol–water partition coefficient (Wildman–Crippen LogP) is 5.71. The van der Waals surface area contributed by atoms with E-state index in [1.807, 2.05) is 49.5 Å². The van der Waals surface area contributed by atoms with E-state index < -0.39 is 0 Å². The number of allylic oxidation sites excluding steroid dienone is 1. The first-order valence-electron chi connectivity index (χ1n) is 9.93. The van der Waals surface area contributed by atoms with Gasteiger partial charge in [0.15, 0.2) is 0 Å². The molecule has 3 rings (SSSR count). The average molecular weight is 374 g/mol. The van der Waals surface area contributed by atoms with Crippen molar-refractivity contribution in [1.82, 2.24) is 4.98 Å². The predicted molar refractivity (Wildman–Crippen MR) is 114 cm³/mol. The van der Waals surface area contributed by atoms with Crippen LogP contribution in [0.4, 0.5) is 0 Å². The van der Waals surface area contributed by atoms with Crippen LogP contribution < -0.4 is 0 Å². The van der Waals surface area contributed by atoms with Crippen molar-refractivity contribution >= 4 is 11.8 Å². The summed E-state index contributed by atoms with van der Waals surface area (Å²) in [6.07, 6.45) is 8.14. The summed E-state index contributed by atoms with van der Waals surface area (Å²) in [4.78, 5) is 9.85. The molecule has 1 aliphatic carbocycles. The normalized spacial score (nSPS) is 23.6. The number of pyridine rings is 1. The van der Waals surface area contributed by atoms with Crippen LogP contribution in [0.2, 0.25) is 0 Å². The monoisotopic (exact) mass is 373 g/mol. The second kappa shape index (κ2) is 9.32. The summed E-state index contributed by atoms with van der Waals surface area (Å²) in [5.74, 6) is 1.61. The molecule has 144 valence electrons. The molecular formula is C24H27N3O. The molecule has 28 heavy (non-hydrogen) atoms. The highest BCUT2D eigenvalue weighted by atomic mass is 16.6. The lowest BCUT2D eigenvalue weighted by Crippen LogP contribution is -2.28. The van der Waals surface area contributed by atoms with Gasteiger partial charge in [-0.2, -0.15) is 5.26 Å². The number of nitriles is 1. The van der Waals surface area contributed by atoms with E-state index in [2.05, 4.69) is 42.2 Å². The van der Waals surface area contributed by atoms with Crippen LogP contribution in [0.15, 0.2) is 53.8 Å². The van der Waals surface area contributed by atoms with E-state index in [9.17, 15) is 5.26 Å². The fraction of sp³-hybridized carbons (Fsp3) is 0.375. The Labute approximate surface area is 167 Å². The fourth-order valence-electron chi connectivity index (χ4n) is 3.71. The summed E-state index contributed by atoms with van der Waals surface area (Å²) in [5.41, 5.74) is 4.61. The molecule has 0 amide bonds. The minimum absolute atomic E-state index is 0.434. The van der Waals surface area contributed by atoms with Gasteiger partial charge in [-0.05, 0) is 55.7 Å². The van der Waals surface area contributed by atoms with Crippen LogP contribution in [0.3, 0.4) is 0 Å². The molecule has 1 aromatic carbocycles. The zero-order valence-electron chi connectivity index (χ0n) is 16.8. The zero-order chi connectivity index (χ0) is 19.9. The molecule has 1 aliphatic rings. The van der Waals surface area contributed by atoms with Crippen molar-refractivity contribution in [2.75, 3.05) is 6.61 Å². The summed E-state index contributed by atoms with van der Waals surface area (Å²) >= 11 is 0. The van der Waals surface area contributed by atoms with E-state index in [-0.39, 0.29) is 0 Å². The molecule has 0 spiro atoms. The first-order chi connectivity index (χ1) is 13.6. The number of hydrogen-bond donors (Lipinski definition) is 0. The van der Waals surface area contributed by atoms with Crippen LogP contribution in [-0.4, -0.2) is 17.3 Å². The van der Waals surface area contributed by atoms with Crippen molar-refractivity contribution < 1.29 is 4.84 Å². The van der Waals surface area contributed by atoms with Crippen molar-refractivity contribution in [2.24, 2.45) is 22.9 Å². The van der Waals surface area contributed by atoms with E-state index >= 15 is 0 Å². The molecule has 3 atom stereocenters. The molecule has 2 aromatic rings. The molecule has 1 heterocycles. The van der Waals surface area contributed by atoms with E-state index in [1.54, 1.807) is 0 Å². The average Bonchev–Trinajstić information content (AvgIpc) is 2.73. The van der Waals surface area contributed by atoms with Gasteiger partial charge in [0.2, 0.25) is 0 Å². The summed E-state index contributed by atoms with van der Waals surface area (Å²) in [5, 5.41) is 13.6. The van der Waals surface area contributed by atoms with E-state index in [4.69, 9.17) is 4.84 Å². The van der Waals surface area contributed by atoms with Crippen LogP contribution in [0.1, 0.15) is 44.9 Å². The Kier molecular flexibility index (Phi) is 6.60. The number of rotatable bonds is 5.